The summed E-state index contributed by atoms with van der Waals surface area (Å²) in [4.78, 5) is 48.3. The zero-order valence-electron chi connectivity index (χ0n) is 15.7. The molecule has 156 valence electrons. The Kier molecular flexibility index (Phi) is 6.78. The number of hydrogen-bond donors (Lipinski definition) is 1. The number of nitro groups is 1. The Hall–Kier alpha value is -3.27. The minimum atomic E-state index is -0.625. The zero-order valence-corrected chi connectivity index (χ0v) is 17.3. The molecule has 1 N–H and O–H groups in total. The van der Waals surface area contributed by atoms with Crippen LogP contribution in [-0.4, -0.2) is 40.8 Å². The number of nitrogens with zero attached hydrogens (tertiary/aromatic N) is 2. The van der Waals surface area contributed by atoms with Gasteiger partial charge in [0.15, 0.2) is 6.61 Å². The molecule has 1 aliphatic rings. The molecule has 2 aromatic rings. The van der Waals surface area contributed by atoms with Crippen LogP contribution in [0.25, 0.3) is 0 Å². The van der Waals surface area contributed by atoms with Crippen LogP contribution in [0.3, 0.4) is 0 Å². The fraction of sp³-hybridized carbons (Fsp3) is 0.250. The van der Waals surface area contributed by atoms with Crippen molar-refractivity contribution in [3.8, 4) is 0 Å². The first-order chi connectivity index (χ1) is 14.3. The summed E-state index contributed by atoms with van der Waals surface area (Å²) in [5, 5.41) is 13.3. The van der Waals surface area contributed by atoms with Gasteiger partial charge in [0.2, 0.25) is 5.91 Å². The molecule has 0 spiro atoms. The fourth-order valence-electron chi connectivity index (χ4n) is 3.05. The van der Waals surface area contributed by atoms with Gasteiger partial charge >= 0.3 is 5.97 Å². The topological polar surface area (TPSA) is 119 Å². The average Bonchev–Trinajstić information content (AvgIpc) is 3.08. The normalized spacial score (nSPS) is 15.7. The van der Waals surface area contributed by atoms with E-state index in [0.29, 0.717) is 16.7 Å². The number of non-ortho nitro benzene ring substituents is 1. The largest absolute Gasteiger partial charge is 0.455 e. The molecule has 9 nitrogen and oxygen atoms in total. The monoisotopic (exact) mass is 475 g/mol. The molecule has 3 rings (SSSR count). The first-order valence-corrected chi connectivity index (χ1v) is 9.85. The van der Waals surface area contributed by atoms with E-state index in [1.807, 2.05) is 30.3 Å². The minimum Gasteiger partial charge on any atom is -0.455 e. The number of esters is 1. The molecule has 0 aliphatic carbocycles. The molecule has 1 heterocycles. The standard InChI is InChI=1S/C20H18BrN3O6/c21-16-9-15(24(28)29)6-7-17(16)22-18(25)12-30-20(27)14-8-19(26)23(11-14)10-13-4-2-1-3-5-13/h1-7,9,14H,8,10-12H2,(H,22,25)/t14-/m1/s1. The summed E-state index contributed by atoms with van der Waals surface area (Å²) in [6, 6.07) is 13.3. The van der Waals surface area contributed by atoms with E-state index >= 15 is 0 Å². The third-order valence-electron chi connectivity index (χ3n) is 4.55. The van der Waals surface area contributed by atoms with Crippen molar-refractivity contribution < 1.29 is 24.0 Å². The summed E-state index contributed by atoms with van der Waals surface area (Å²) in [6.07, 6.45) is 0.0428. The molecule has 30 heavy (non-hydrogen) atoms. The van der Waals surface area contributed by atoms with Gasteiger partial charge in [-0.15, -0.1) is 0 Å². The van der Waals surface area contributed by atoms with Crippen molar-refractivity contribution in [3.63, 3.8) is 0 Å². The van der Waals surface area contributed by atoms with Gasteiger partial charge in [-0.25, -0.2) is 0 Å². The van der Waals surface area contributed by atoms with Crippen LogP contribution >= 0.6 is 15.9 Å². The highest BCUT2D eigenvalue weighted by molar-refractivity contribution is 9.10. The predicted molar refractivity (Wildman–Crippen MR) is 110 cm³/mol. The number of carbonyl (C=O) groups excluding carboxylic acids is 3. The lowest BCUT2D eigenvalue weighted by Crippen LogP contribution is -2.28. The molecule has 2 amide bonds. The first kappa shape index (κ1) is 21.4. The van der Waals surface area contributed by atoms with E-state index < -0.39 is 29.3 Å². The van der Waals surface area contributed by atoms with Crippen LogP contribution in [0.2, 0.25) is 0 Å². The molecule has 0 radical (unpaired) electrons. The van der Waals surface area contributed by atoms with Gasteiger partial charge in [-0.2, -0.15) is 0 Å². The molecule has 1 aliphatic heterocycles. The molecule has 10 heteroatoms. The van der Waals surface area contributed by atoms with Crippen molar-refractivity contribution in [3.05, 3.63) is 68.7 Å². The summed E-state index contributed by atoms with van der Waals surface area (Å²) in [6.45, 7) is 0.131. The van der Waals surface area contributed by atoms with Gasteiger partial charge in [0.25, 0.3) is 11.6 Å². The van der Waals surface area contributed by atoms with Gasteiger partial charge in [0.05, 0.1) is 16.5 Å². The summed E-state index contributed by atoms with van der Waals surface area (Å²) in [5.41, 5.74) is 1.15. The Balaban J connectivity index is 1.49. The minimum absolute atomic E-state index is 0.0428. The SMILES string of the molecule is O=C(COC(=O)[C@@H]1CC(=O)N(Cc2ccccc2)C1)Nc1ccc([N+](=O)[O-])cc1Br. The first-order valence-electron chi connectivity index (χ1n) is 9.05. The van der Waals surface area contributed by atoms with Gasteiger partial charge in [-0.1, -0.05) is 30.3 Å². The second kappa shape index (κ2) is 9.49. The molecule has 1 fully saturated rings. The summed E-state index contributed by atoms with van der Waals surface area (Å²) >= 11 is 3.15. The lowest BCUT2D eigenvalue weighted by atomic mass is 10.1. The maximum atomic E-state index is 12.3. The van der Waals surface area contributed by atoms with Crippen LogP contribution in [0.15, 0.2) is 53.0 Å². The van der Waals surface area contributed by atoms with Crippen molar-refractivity contribution in [2.24, 2.45) is 5.92 Å². The highest BCUT2D eigenvalue weighted by atomic mass is 79.9. The second-order valence-electron chi connectivity index (χ2n) is 6.74. The van der Waals surface area contributed by atoms with Crippen molar-refractivity contribution in [1.82, 2.24) is 4.90 Å². The molecular weight excluding hydrogens is 458 g/mol. The lowest BCUT2D eigenvalue weighted by Gasteiger charge is -2.16. The number of ether oxygens (including phenoxy) is 1. The number of halogens is 1. The molecule has 1 saturated heterocycles. The number of amides is 2. The smallest absolute Gasteiger partial charge is 0.311 e. The number of nitro benzene ring substituents is 1. The molecule has 0 bridgehead atoms. The zero-order chi connectivity index (χ0) is 21.7. The summed E-state index contributed by atoms with van der Waals surface area (Å²) in [5.74, 6) is -1.97. The van der Waals surface area contributed by atoms with Gasteiger partial charge in [-0.05, 0) is 27.6 Å². The number of carbonyl (C=O) groups is 3. The highest BCUT2D eigenvalue weighted by Crippen LogP contribution is 2.27. The number of likely N-dealkylation sites (tertiary alicyclic amines) is 1. The third kappa shape index (κ3) is 5.41. The maximum Gasteiger partial charge on any atom is 0.311 e. The van der Waals surface area contributed by atoms with Crippen LogP contribution in [0.1, 0.15) is 12.0 Å². The summed E-state index contributed by atoms with van der Waals surface area (Å²) < 4.78 is 5.38. The van der Waals surface area contributed by atoms with Crippen molar-refractivity contribution >= 4 is 45.1 Å². The Morgan fingerprint density at radius 2 is 1.97 bits per heavy atom. The second-order valence-corrected chi connectivity index (χ2v) is 7.59. The molecular formula is C20H18BrN3O6. The number of hydrogen-bond acceptors (Lipinski definition) is 6. The van der Waals surface area contributed by atoms with Gasteiger partial charge < -0.3 is 15.0 Å². The Bertz CT molecular complexity index is 982. The number of benzene rings is 2. The van der Waals surface area contributed by atoms with Gasteiger partial charge in [0.1, 0.15) is 0 Å². The van der Waals surface area contributed by atoms with E-state index in [1.165, 1.54) is 18.2 Å². The van der Waals surface area contributed by atoms with E-state index in [1.54, 1.807) is 4.90 Å². The van der Waals surface area contributed by atoms with E-state index in [4.69, 9.17) is 4.74 Å². The van der Waals surface area contributed by atoms with Crippen LogP contribution in [0, 0.1) is 16.0 Å². The average molecular weight is 476 g/mol. The molecule has 0 saturated carbocycles. The van der Waals surface area contributed by atoms with Crippen LogP contribution in [0.5, 0.6) is 0 Å². The van der Waals surface area contributed by atoms with E-state index in [2.05, 4.69) is 21.2 Å². The highest BCUT2D eigenvalue weighted by Gasteiger charge is 2.35. The number of anilines is 1. The third-order valence-corrected chi connectivity index (χ3v) is 5.20. The molecule has 0 unspecified atom stereocenters. The number of rotatable bonds is 7. The van der Waals surface area contributed by atoms with E-state index in [0.717, 1.165) is 5.56 Å². The van der Waals surface area contributed by atoms with Crippen molar-refractivity contribution in [1.29, 1.82) is 0 Å². The van der Waals surface area contributed by atoms with Gasteiger partial charge in [-0.3, -0.25) is 24.5 Å². The van der Waals surface area contributed by atoms with E-state index in [-0.39, 0.29) is 24.6 Å². The van der Waals surface area contributed by atoms with Crippen LogP contribution in [-0.2, 0) is 25.7 Å². The van der Waals surface area contributed by atoms with Gasteiger partial charge in [0, 0.05) is 36.1 Å². The van der Waals surface area contributed by atoms with Crippen LogP contribution < -0.4 is 5.32 Å². The fourth-order valence-corrected chi connectivity index (χ4v) is 3.51. The summed E-state index contributed by atoms with van der Waals surface area (Å²) in [7, 11) is 0. The Morgan fingerprint density at radius 1 is 1.23 bits per heavy atom. The molecule has 2 aromatic carbocycles. The quantitative estimate of drug-likeness (QED) is 0.373. The molecule has 0 aromatic heterocycles. The van der Waals surface area contributed by atoms with E-state index in [9.17, 15) is 24.5 Å². The maximum absolute atomic E-state index is 12.3. The van der Waals surface area contributed by atoms with Crippen molar-refractivity contribution in [2.75, 3.05) is 18.5 Å². The number of nitrogens with one attached hydrogen (secondary N) is 1. The predicted octanol–water partition coefficient (Wildman–Crippen LogP) is 2.89. The van der Waals surface area contributed by atoms with Crippen molar-refractivity contribution in [2.45, 2.75) is 13.0 Å². The lowest BCUT2D eigenvalue weighted by molar-refractivity contribution is -0.384. The Morgan fingerprint density at radius 3 is 2.63 bits per heavy atom. The van der Waals surface area contributed by atoms with Crippen LogP contribution in [0.4, 0.5) is 11.4 Å². The molecule has 1 atom stereocenters. The Labute approximate surface area is 180 Å².